The maximum Gasteiger partial charge on any atom is 0.182 e. The lowest BCUT2D eigenvalue weighted by molar-refractivity contribution is 0.966. The molecule has 3 aromatic heterocycles. The van der Waals surface area contributed by atoms with Gasteiger partial charge in [0.05, 0.1) is 0 Å². The van der Waals surface area contributed by atoms with E-state index in [9.17, 15) is 0 Å². The highest BCUT2D eigenvalue weighted by molar-refractivity contribution is 5.82. The Morgan fingerprint density at radius 2 is 0.706 bits per heavy atom. The zero-order chi connectivity index (χ0) is 34.0. The molecular formula is C45H30N6. The van der Waals surface area contributed by atoms with Crippen molar-refractivity contribution < 1.29 is 0 Å². The highest BCUT2D eigenvalue weighted by Gasteiger charge is 2.17. The minimum atomic E-state index is 0.568. The second-order valence-electron chi connectivity index (χ2n) is 12.3. The molecule has 0 bridgehead atoms. The largest absolute Gasteiger partial charge is 0.220 e. The second kappa shape index (κ2) is 13.1. The Labute approximate surface area is 295 Å². The maximum atomic E-state index is 5.10. The van der Waals surface area contributed by atoms with E-state index in [1.54, 1.807) is 0 Å². The zero-order valence-electron chi connectivity index (χ0n) is 27.5. The fourth-order valence-electron chi connectivity index (χ4n) is 6.35. The second-order valence-corrected chi connectivity index (χ2v) is 12.3. The number of hydrogen-bond acceptors (Lipinski definition) is 5. The summed E-state index contributed by atoms with van der Waals surface area (Å²) < 4.78 is 1.85. The van der Waals surface area contributed by atoms with Crippen molar-refractivity contribution in [1.29, 1.82) is 0 Å². The van der Waals surface area contributed by atoms with Gasteiger partial charge in [-0.2, -0.15) is 0 Å². The van der Waals surface area contributed by atoms with Crippen molar-refractivity contribution >= 4 is 5.65 Å². The number of rotatable bonds is 7. The third-order valence-corrected chi connectivity index (χ3v) is 8.92. The fraction of sp³-hybridized carbons (Fsp3) is 0. The van der Waals surface area contributed by atoms with Gasteiger partial charge in [0.15, 0.2) is 28.9 Å². The molecule has 0 aliphatic heterocycles. The van der Waals surface area contributed by atoms with Gasteiger partial charge in [0.1, 0.15) is 0 Å². The molecule has 3 heterocycles. The van der Waals surface area contributed by atoms with Crippen LogP contribution in [0.2, 0.25) is 0 Å². The molecule has 0 N–H and O–H groups in total. The average molecular weight is 655 g/mol. The van der Waals surface area contributed by atoms with E-state index in [1.165, 1.54) is 0 Å². The molecule has 0 saturated heterocycles. The van der Waals surface area contributed by atoms with E-state index < -0.39 is 0 Å². The van der Waals surface area contributed by atoms with E-state index in [2.05, 4.69) is 97.1 Å². The SMILES string of the molecule is c1ccc(-c2ccc(-c3nc(-c4ccccc4)nc(-c4cc(-c5ccccc5)cc(-c5nc6c(-c7ccccc7)cccn6n5)c4)n3)cc2)cc1. The molecule has 0 fully saturated rings. The van der Waals surface area contributed by atoms with Gasteiger partial charge < -0.3 is 0 Å². The predicted octanol–water partition coefficient (Wildman–Crippen LogP) is 10.6. The number of fused-ring (bicyclic) bond motifs is 1. The van der Waals surface area contributed by atoms with Crippen LogP contribution in [-0.4, -0.2) is 29.5 Å². The van der Waals surface area contributed by atoms with E-state index >= 15 is 0 Å². The highest BCUT2D eigenvalue weighted by atomic mass is 15.3. The maximum absolute atomic E-state index is 5.10. The van der Waals surface area contributed by atoms with Gasteiger partial charge in [0, 0.05) is 34.0 Å². The van der Waals surface area contributed by atoms with Crippen molar-refractivity contribution in [3.63, 3.8) is 0 Å². The summed E-state index contributed by atoms with van der Waals surface area (Å²) in [7, 11) is 0. The average Bonchev–Trinajstić information content (AvgIpc) is 3.67. The van der Waals surface area contributed by atoms with Crippen LogP contribution in [0.4, 0.5) is 0 Å². The van der Waals surface area contributed by atoms with Crippen LogP contribution in [0, 0.1) is 0 Å². The summed E-state index contributed by atoms with van der Waals surface area (Å²) in [6, 6.07) is 59.8. The molecule has 6 heteroatoms. The first kappa shape index (κ1) is 30.0. The van der Waals surface area contributed by atoms with E-state index in [0.29, 0.717) is 23.3 Å². The first-order valence-corrected chi connectivity index (χ1v) is 16.8. The lowest BCUT2D eigenvalue weighted by atomic mass is 9.99. The number of aromatic nitrogens is 6. The van der Waals surface area contributed by atoms with E-state index in [-0.39, 0.29) is 0 Å². The third kappa shape index (κ3) is 6.07. The normalized spacial score (nSPS) is 11.1. The lowest BCUT2D eigenvalue weighted by Gasteiger charge is -2.11. The van der Waals surface area contributed by atoms with Crippen molar-refractivity contribution in [2.24, 2.45) is 0 Å². The summed E-state index contributed by atoms with van der Waals surface area (Å²) >= 11 is 0. The molecule has 0 aliphatic carbocycles. The summed E-state index contributed by atoms with van der Waals surface area (Å²) in [5, 5.41) is 4.95. The molecule has 240 valence electrons. The molecule has 0 saturated carbocycles. The topological polar surface area (TPSA) is 68.9 Å². The molecule has 0 aliphatic rings. The quantitative estimate of drug-likeness (QED) is 0.171. The number of hydrogen-bond donors (Lipinski definition) is 0. The third-order valence-electron chi connectivity index (χ3n) is 8.92. The molecule has 0 unspecified atom stereocenters. The fourth-order valence-corrected chi connectivity index (χ4v) is 6.35. The Hall–Kier alpha value is -7.05. The van der Waals surface area contributed by atoms with Crippen molar-refractivity contribution in [2.45, 2.75) is 0 Å². The first-order chi connectivity index (χ1) is 25.2. The molecule has 0 atom stereocenters. The Kier molecular flexibility index (Phi) is 7.72. The summed E-state index contributed by atoms with van der Waals surface area (Å²) in [6.07, 6.45) is 1.94. The van der Waals surface area contributed by atoms with Gasteiger partial charge >= 0.3 is 0 Å². The number of pyridine rings is 1. The van der Waals surface area contributed by atoms with Crippen LogP contribution >= 0.6 is 0 Å². The predicted molar refractivity (Wildman–Crippen MR) is 204 cm³/mol. The summed E-state index contributed by atoms with van der Waals surface area (Å²) in [4.78, 5) is 20.2. The van der Waals surface area contributed by atoms with Crippen molar-refractivity contribution in [1.82, 2.24) is 29.5 Å². The van der Waals surface area contributed by atoms with Gasteiger partial charge in [0.2, 0.25) is 0 Å². The van der Waals surface area contributed by atoms with Crippen LogP contribution in [0.1, 0.15) is 0 Å². The molecule has 6 nitrogen and oxygen atoms in total. The Morgan fingerprint density at radius 3 is 1.29 bits per heavy atom. The minimum absolute atomic E-state index is 0.568. The van der Waals surface area contributed by atoms with Crippen LogP contribution in [-0.2, 0) is 0 Å². The van der Waals surface area contributed by atoms with Crippen LogP contribution in [0.15, 0.2) is 182 Å². The molecule has 9 rings (SSSR count). The van der Waals surface area contributed by atoms with Gasteiger partial charge in [-0.3, -0.25) is 0 Å². The Balaban J connectivity index is 1.21. The lowest BCUT2D eigenvalue weighted by Crippen LogP contribution is -2.00. The van der Waals surface area contributed by atoms with E-state index in [0.717, 1.165) is 61.3 Å². The molecule has 0 spiro atoms. The van der Waals surface area contributed by atoms with Gasteiger partial charge in [0.25, 0.3) is 0 Å². The molecule has 0 amide bonds. The summed E-state index contributed by atoms with van der Waals surface area (Å²) in [6.45, 7) is 0. The Bertz CT molecular complexity index is 2600. The minimum Gasteiger partial charge on any atom is -0.220 e. The van der Waals surface area contributed by atoms with Crippen molar-refractivity contribution in [3.05, 3.63) is 182 Å². The molecule has 0 radical (unpaired) electrons. The molecule has 9 aromatic rings. The van der Waals surface area contributed by atoms with Gasteiger partial charge in [-0.05, 0) is 58.1 Å². The first-order valence-electron chi connectivity index (χ1n) is 16.8. The van der Waals surface area contributed by atoms with Crippen LogP contribution in [0.25, 0.3) is 84.6 Å². The van der Waals surface area contributed by atoms with Gasteiger partial charge in [-0.1, -0.05) is 146 Å². The van der Waals surface area contributed by atoms with Crippen molar-refractivity contribution in [3.8, 4) is 78.9 Å². The molecular weight excluding hydrogens is 625 g/mol. The van der Waals surface area contributed by atoms with E-state index in [1.807, 2.05) is 89.6 Å². The van der Waals surface area contributed by atoms with Gasteiger partial charge in [-0.15, -0.1) is 5.10 Å². The van der Waals surface area contributed by atoms with Gasteiger partial charge in [-0.25, -0.2) is 24.5 Å². The molecule has 51 heavy (non-hydrogen) atoms. The van der Waals surface area contributed by atoms with E-state index in [4.69, 9.17) is 25.0 Å². The highest BCUT2D eigenvalue weighted by Crippen LogP contribution is 2.34. The van der Waals surface area contributed by atoms with Crippen molar-refractivity contribution in [2.75, 3.05) is 0 Å². The standard InChI is InChI=1S/C45H30N6/c1-5-14-31(15-6-1)33-23-25-36(26-24-33)42-46-41(35-20-11-4-12-21-35)47-43(48-42)38-28-37(32-16-7-2-8-17-32)29-39(30-38)44-49-45-40(22-13-27-51(45)50-44)34-18-9-3-10-19-34/h1-30H. The number of nitrogens with zero attached hydrogens (tertiary/aromatic N) is 6. The molecule has 6 aromatic carbocycles. The smallest absolute Gasteiger partial charge is 0.182 e. The number of benzene rings is 6. The zero-order valence-corrected chi connectivity index (χ0v) is 27.5. The van der Waals surface area contributed by atoms with Crippen LogP contribution < -0.4 is 0 Å². The van der Waals surface area contributed by atoms with Crippen LogP contribution in [0.5, 0.6) is 0 Å². The Morgan fingerprint density at radius 1 is 0.294 bits per heavy atom. The monoisotopic (exact) mass is 654 g/mol. The summed E-state index contributed by atoms with van der Waals surface area (Å²) in [5.41, 5.74) is 10.8. The summed E-state index contributed by atoms with van der Waals surface area (Å²) in [5.74, 6) is 2.39. The van der Waals surface area contributed by atoms with Crippen LogP contribution in [0.3, 0.4) is 0 Å².